The third-order valence-corrected chi connectivity index (χ3v) is 4.91. The van der Waals surface area contributed by atoms with Crippen molar-refractivity contribution in [3.8, 4) is 0 Å². The van der Waals surface area contributed by atoms with Crippen LogP contribution in [0.2, 0.25) is 0 Å². The van der Waals surface area contributed by atoms with Crippen LogP contribution in [0.4, 0.5) is 0 Å². The summed E-state index contributed by atoms with van der Waals surface area (Å²) in [5.41, 5.74) is 5.95. The van der Waals surface area contributed by atoms with Gasteiger partial charge in [-0.3, -0.25) is 9.69 Å². The molecule has 21 heavy (non-hydrogen) atoms. The van der Waals surface area contributed by atoms with Crippen molar-refractivity contribution in [3.05, 3.63) is 0 Å². The van der Waals surface area contributed by atoms with Crippen molar-refractivity contribution in [1.29, 1.82) is 0 Å². The normalized spacial score (nSPS) is 28.2. The number of likely N-dealkylation sites (tertiary alicyclic amines) is 2. The molecule has 0 aliphatic carbocycles. The zero-order chi connectivity index (χ0) is 13.9. The maximum atomic E-state index is 12.6. The second kappa shape index (κ2) is 9.19. The minimum absolute atomic E-state index is 0. The highest BCUT2D eigenvalue weighted by Gasteiger charge is 2.37. The molecule has 0 aromatic heterocycles. The van der Waals surface area contributed by atoms with Gasteiger partial charge in [-0.1, -0.05) is 19.8 Å². The van der Waals surface area contributed by atoms with Crippen molar-refractivity contribution in [1.82, 2.24) is 9.80 Å². The summed E-state index contributed by atoms with van der Waals surface area (Å²) in [4.78, 5) is 17.0. The second-order valence-corrected chi connectivity index (χ2v) is 6.65. The summed E-state index contributed by atoms with van der Waals surface area (Å²) in [6, 6.07) is 0.0400. The molecule has 2 aliphatic rings. The molecule has 0 aromatic carbocycles. The Hall–Kier alpha value is -0.0300. The van der Waals surface area contributed by atoms with Crippen LogP contribution in [0.15, 0.2) is 0 Å². The molecule has 0 bridgehead atoms. The van der Waals surface area contributed by atoms with Gasteiger partial charge in [-0.15, -0.1) is 24.8 Å². The van der Waals surface area contributed by atoms with Gasteiger partial charge in [0.1, 0.15) is 0 Å². The first-order valence-corrected chi connectivity index (χ1v) is 7.79. The molecule has 4 nitrogen and oxygen atoms in total. The molecule has 2 atom stereocenters. The third-order valence-electron chi connectivity index (χ3n) is 4.91. The van der Waals surface area contributed by atoms with Crippen LogP contribution in [0.3, 0.4) is 0 Å². The molecule has 2 rings (SSSR count). The number of rotatable bonds is 3. The summed E-state index contributed by atoms with van der Waals surface area (Å²) in [6.07, 6.45) is 6.14. The Balaban J connectivity index is 0.00000200. The Morgan fingerprint density at radius 1 is 1.14 bits per heavy atom. The molecular formula is C15H31Cl2N3O. The third kappa shape index (κ3) is 5.27. The van der Waals surface area contributed by atoms with Crippen LogP contribution >= 0.6 is 24.8 Å². The first-order chi connectivity index (χ1) is 9.06. The molecule has 1 amide bonds. The zero-order valence-corrected chi connectivity index (χ0v) is 15.0. The van der Waals surface area contributed by atoms with E-state index >= 15 is 0 Å². The summed E-state index contributed by atoms with van der Waals surface area (Å²) in [5, 5.41) is 0. The lowest BCUT2D eigenvalue weighted by atomic mass is 9.90. The lowest BCUT2D eigenvalue weighted by Gasteiger charge is -2.31. The first kappa shape index (κ1) is 21.0. The standard InChI is InChI=1S/C15H29N3O.2ClH/c1-13(17-8-5-3-4-6-9-17)14(19)18-10-7-15(2,11-16)12-18;;/h13H,3-12,16H2,1-2H3;2*1H. The maximum Gasteiger partial charge on any atom is 0.239 e. The molecule has 0 aromatic rings. The molecule has 126 valence electrons. The van der Waals surface area contributed by atoms with E-state index in [-0.39, 0.29) is 36.3 Å². The van der Waals surface area contributed by atoms with Gasteiger partial charge in [0.15, 0.2) is 0 Å². The van der Waals surface area contributed by atoms with Gasteiger partial charge < -0.3 is 10.6 Å². The fourth-order valence-corrected chi connectivity index (χ4v) is 3.28. The lowest BCUT2D eigenvalue weighted by Crippen LogP contribution is -2.47. The minimum Gasteiger partial charge on any atom is -0.341 e. The van der Waals surface area contributed by atoms with Crippen molar-refractivity contribution in [2.45, 2.75) is 52.0 Å². The Kier molecular flexibility index (Phi) is 9.17. The quantitative estimate of drug-likeness (QED) is 0.858. The highest BCUT2D eigenvalue weighted by molar-refractivity contribution is 5.85. The van der Waals surface area contributed by atoms with Crippen LogP contribution < -0.4 is 5.73 Å². The summed E-state index contributed by atoms with van der Waals surface area (Å²) in [6.45, 7) is 8.81. The molecule has 2 heterocycles. The number of carbonyl (C=O) groups excluding carboxylic acids is 1. The number of nitrogens with two attached hydrogens (primary N) is 1. The Morgan fingerprint density at radius 2 is 1.71 bits per heavy atom. The molecule has 0 spiro atoms. The van der Waals surface area contributed by atoms with E-state index in [4.69, 9.17) is 5.73 Å². The molecule has 0 radical (unpaired) electrons. The van der Waals surface area contributed by atoms with Crippen molar-refractivity contribution in [3.63, 3.8) is 0 Å². The van der Waals surface area contributed by atoms with E-state index in [1.807, 2.05) is 4.90 Å². The van der Waals surface area contributed by atoms with Gasteiger partial charge in [0.05, 0.1) is 6.04 Å². The second-order valence-electron chi connectivity index (χ2n) is 6.65. The van der Waals surface area contributed by atoms with Crippen LogP contribution in [0.1, 0.15) is 46.0 Å². The Bertz CT molecular complexity index is 322. The van der Waals surface area contributed by atoms with Crippen LogP contribution in [0.25, 0.3) is 0 Å². The Labute approximate surface area is 141 Å². The van der Waals surface area contributed by atoms with E-state index in [1.165, 1.54) is 25.7 Å². The fourth-order valence-electron chi connectivity index (χ4n) is 3.28. The molecule has 2 unspecified atom stereocenters. The van der Waals surface area contributed by atoms with Gasteiger partial charge in [-0.25, -0.2) is 0 Å². The van der Waals surface area contributed by atoms with Crippen molar-refractivity contribution in [2.75, 3.05) is 32.7 Å². The van der Waals surface area contributed by atoms with Gasteiger partial charge in [0.2, 0.25) is 5.91 Å². The number of hydrogen-bond donors (Lipinski definition) is 1. The minimum atomic E-state index is 0. The van der Waals surface area contributed by atoms with Gasteiger partial charge in [0.25, 0.3) is 0 Å². The molecular weight excluding hydrogens is 309 g/mol. The number of nitrogens with zero attached hydrogens (tertiary/aromatic N) is 2. The first-order valence-electron chi connectivity index (χ1n) is 7.79. The van der Waals surface area contributed by atoms with Crippen LogP contribution in [-0.2, 0) is 4.79 Å². The van der Waals surface area contributed by atoms with Crippen molar-refractivity contribution < 1.29 is 4.79 Å². The van der Waals surface area contributed by atoms with Gasteiger partial charge in [-0.05, 0) is 51.2 Å². The topological polar surface area (TPSA) is 49.6 Å². The van der Waals surface area contributed by atoms with Gasteiger partial charge in [-0.2, -0.15) is 0 Å². The van der Waals surface area contributed by atoms with Crippen molar-refractivity contribution >= 4 is 30.7 Å². The van der Waals surface area contributed by atoms with E-state index in [2.05, 4.69) is 18.7 Å². The largest absolute Gasteiger partial charge is 0.341 e. The monoisotopic (exact) mass is 339 g/mol. The molecule has 2 fully saturated rings. The summed E-state index contributed by atoms with van der Waals surface area (Å²) in [7, 11) is 0. The Morgan fingerprint density at radius 3 is 2.19 bits per heavy atom. The van der Waals surface area contributed by atoms with E-state index < -0.39 is 0 Å². The SMILES string of the molecule is CC(C(=O)N1CCC(C)(CN)C1)N1CCCCCC1.Cl.Cl. The van der Waals surface area contributed by atoms with Crippen LogP contribution in [-0.4, -0.2) is 54.5 Å². The highest BCUT2D eigenvalue weighted by atomic mass is 35.5. The smallest absolute Gasteiger partial charge is 0.239 e. The summed E-state index contributed by atoms with van der Waals surface area (Å²) < 4.78 is 0. The van der Waals surface area contributed by atoms with E-state index in [1.54, 1.807) is 0 Å². The van der Waals surface area contributed by atoms with E-state index in [0.717, 1.165) is 32.6 Å². The van der Waals surface area contributed by atoms with Crippen LogP contribution in [0.5, 0.6) is 0 Å². The highest BCUT2D eigenvalue weighted by Crippen LogP contribution is 2.29. The average molecular weight is 340 g/mol. The fraction of sp³-hybridized carbons (Fsp3) is 0.933. The number of amides is 1. The van der Waals surface area contributed by atoms with Crippen molar-refractivity contribution in [2.24, 2.45) is 11.1 Å². The predicted octanol–water partition coefficient (Wildman–Crippen LogP) is 2.29. The predicted molar refractivity (Wildman–Crippen MR) is 92.4 cm³/mol. The van der Waals surface area contributed by atoms with E-state index in [0.29, 0.717) is 12.5 Å². The zero-order valence-electron chi connectivity index (χ0n) is 13.3. The number of hydrogen-bond acceptors (Lipinski definition) is 3. The van der Waals surface area contributed by atoms with E-state index in [9.17, 15) is 4.79 Å². The van der Waals surface area contributed by atoms with Gasteiger partial charge in [0, 0.05) is 13.1 Å². The van der Waals surface area contributed by atoms with Crippen LogP contribution in [0, 0.1) is 5.41 Å². The summed E-state index contributed by atoms with van der Waals surface area (Å²) >= 11 is 0. The average Bonchev–Trinajstić information content (AvgIpc) is 2.65. The molecule has 2 aliphatic heterocycles. The summed E-state index contributed by atoms with van der Waals surface area (Å²) in [5.74, 6) is 0.305. The lowest BCUT2D eigenvalue weighted by molar-refractivity contribution is -0.135. The maximum absolute atomic E-state index is 12.6. The molecule has 6 heteroatoms. The molecule has 2 N–H and O–H groups in total. The molecule has 2 saturated heterocycles. The number of carbonyl (C=O) groups is 1. The molecule has 0 saturated carbocycles. The number of halogens is 2. The van der Waals surface area contributed by atoms with Gasteiger partial charge >= 0.3 is 0 Å².